The van der Waals surface area contributed by atoms with Crippen LogP contribution in [0.15, 0.2) is 53.9 Å². The first-order valence-electron chi connectivity index (χ1n) is 8.92. The van der Waals surface area contributed by atoms with Gasteiger partial charge in [0.2, 0.25) is 5.60 Å². The van der Waals surface area contributed by atoms with E-state index in [1.54, 1.807) is 24.5 Å². The topological polar surface area (TPSA) is 63.6 Å². The lowest BCUT2D eigenvalue weighted by Gasteiger charge is -2.35. The number of carbonyl (C=O) groups excluding carboxylic acids is 1. The van der Waals surface area contributed by atoms with Crippen LogP contribution in [0, 0.1) is 17.8 Å². The Bertz CT molecular complexity index is 901. The monoisotopic (exact) mass is 367 g/mol. The number of halogens is 1. The molecule has 2 aliphatic carbocycles. The van der Waals surface area contributed by atoms with E-state index in [1.165, 1.54) is 0 Å². The fourth-order valence-corrected chi connectivity index (χ4v) is 5.15. The molecule has 6 heteroatoms. The highest BCUT2D eigenvalue weighted by molar-refractivity contribution is 6.31. The van der Waals surface area contributed by atoms with Gasteiger partial charge in [-0.15, -0.1) is 0 Å². The van der Waals surface area contributed by atoms with Gasteiger partial charge in [-0.1, -0.05) is 22.8 Å². The van der Waals surface area contributed by atoms with Crippen molar-refractivity contribution < 1.29 is 9.63 Å². The lowest BCUT2D eigenvalue weighted by molar-refractivity contribution is -0.149. The molecule has 2 aromatic rings. The van der Waals surface area contributed by atoms with E-state index in [1.807, 2.05) is 24.3 Å². The molecule has 1 aromatic heterocycles. The van der Waals surface area contributed by atoms with Crippen LogP contribution in [0.25, 0.3) is 0 Å². The molecule has 4 atom stereocenters. The van der Waals surface area contributed by atoms with Gasteiger partial charge in [0.25, 0.3) is 5.91 Å². The quantitative estimate of drug-likeness (QED) is 0.895. The fraction of sp³-hybridized carbons (Fsp3) is 0.350. The normalized spacial score (nSPS) is 31.3. The van der Waals surface area contributed by atoms with Crippen molar-refractivity contribution in [3.8, 4) is 0 Å². The van der Waals surface area contributed by atoms with Gasteiger partial charge >= 0.3 is 0 Å². The number of hydrogen-bond acceptors (Lipinski definition) is 4. The number of pyridine rings is 1. The van der Waals surface area contributed by atoms with Gasteiger partial charge in [0.1, 0.15) is 0 Å². The number of aromatic nitrogens is 1. The molecule has 2 bridgehead atoms. The maximum Gasteiger partial charge on any atom is 0.272 e. The molecule has 1 aliphatic heterocycles. The molecule has 0 spiro atoms. The standard InChI is InChI=1S/C20H18ClN3O2/c21-15-4-1-5-16(10-15)23-19(25)20-14-7-6-12(9-14)17(20)18(24-26-20)13-3-2-8-22-11-13/h1-5,8,10-12,14,17H,6-7,9H2,(H,23,25). The van der Waals surface area contributed by atoms with Gasteiger partial charge in [-0.3, -0.25) is 9.78 Å². The van der Waals surface area contributed by atoms with Gasteiger partial charge < -0.3 is 10.2 Å². The van der Waals surface area contributed by atoms with Crippen LogP contribution in [0.4, 0.5) is 5.69 Å². The van der Waals surface area contributed by atoms with Crippen LogP contribution in [0.1, 0.15) is 24.8 Å². The summed E-state index contributed by atoms with van der Waals surface area (Å²) in [6, 6.07) is 11.0. The molecular formula is C20H18ClN3O2. The van der Waals surface area contributed by atoms with Crippen LogP contribution in [0.5, 0.6) is 0 Å². The Morgan fingerprint density at radius 2 is 2.19 bits per heavy atom. The third-order valence-corrected chi connectivity index (χ3v) is 6.23. The Morgan fingerprint density at radius 3 is 3.00 bits per heavy atom. The minimum Gasteiger partial charge on any atom is -0.378 e. The summed E-state index contributed by atoms with van der Waals surface area (Å²) in [6.45, 7) is 0. The predicted molar refractivity (Wildman–Crippen MR) is 99.0 cm³/mol. The van der Waals surface area contributed by atoms with Gasteiger partial charge in [0, 0.05) is 34.6 Å². The second kappa shape index (κ2) is 5.81. The Hall–Kier alpha value is -2.40. The molecule has 1 amide bonds. The van der Waals surface area contributed by atoms with E-state index >= 15 is 0 Å². The minimum absolute atomic E-state index is 0.0235. The summed E-state index contributed by atoms with van der Waals surface area (Å²) in [5.74, 6) is 0.463. The van der Waals surface area contributed by atoms with Gasteiger partial charge in [-0.2, -0.15) is 0 Å². The minimum atomic E-state index is -0.920. The van der Waals surface area contributed by atoms with E-state index in [9.17, 15) is 4.79 Å². The summed E-state index contributed by atoms with van der Waals surface area (Å²) in [5.41, 5.74) is 1.54. The van der Waals surface area contributed by atoms with E-state index in [0.29, 0.717) is 16.6 Å². The van der Waals surface area contributed by atoms with Crippen LogP contribution in [0.3, 0.4) is 0 Å². The van der Waals surface area contributed by atoms with E-state index in [0.717, 1.165) is 30.5 Å². The van der Waals surface area contributed by atoms with Crippen LogP contribution in [0.2, 0.25) is 5.02 Å². The Kier molecular flexibility index (Phi) is 3.54. The summed E-state index contributed by atoms with van der Waals surface area (Å²) in [7, 11) is 0. The van der Waals surface area contributed by atoms with Crippen molar-refractivity contribution in [3.05, 3.63) is 59.4 Å². The highest BCUT2D eigenvalue weighted by Crippen LogP contribution is 2.60. The van der Waals surface area contributed by atoms with E-state index < -0.39 is 5.60 Å². The Labute approximate surface area is 156 Å². The number of amides is 1. The maximum atomic E-state index is 13.3. The second-order valence-corrected chi connectivity index (χ2v) is 7.75. The fourth-order valence-electron chi connectivity index (χ4n) is 4.96. The van der Waals surface area contributed by atoms with Gasteiger partial charge in [-0.25, -0.2) is 0 Å². The van der Waals surface area contributed by atoms with Crippen molar-refractivity contribution in [1.29, 1.82) is 0 Å². The Morgan fingerprint density at radius 1 is 1.27 bits per heavy atom. The molecule has 1 aromatic carbocycles. The smallest absolute Gasteiger partial charge is 0.272 e. The summed E-state index contributed by atoms with van der Waals surface area (Å²) in [5, 5.41) is 7.97. The lowest BCUT2D eigenvalue weighted by Crippen LogP contribution is -2.53. The van der Waals surface area contributed by atoms with Gasteiger partial charge in [-0.05, 0) is 55.5 Å². The first kappa shape index (κ1) is 15.8. The lowest BCUT2D eigenvalue weighted by atomic mass is 9.72. The summed E-state index contributed by atoms with van der Waals surface area (Å²) < 4.78 is 0. The molecule has 132 valence electrons. The van der Waals surface area contributed by atoms with Crippen LogP contribution >= 0.6 is 11.6 Å². The first-order valence-corrected chi connectivity index (χ1v) is 9.30. The molecule has 2 fully saturated rings. The highest BCUT2D eigenvalue weighted by Gasteiger charge is 2.69. The molecule has 5 nitrogen and oxygen atoms in total. The zero-order valence-electron chi connectivity index (χ0n) is 14.1. The molecular weight excluding hydrogens is 350 g/mol. The number of benzene rings is 1. The molecule has 26 heavy (non-hydrogen) atoms. The van der Waals surface area contributed by atoms with Crippen molar-refractivity contribution in [3.63, 3.8) is 0 Å². The maximum absolute atomic E-state index is 13.3. The number of anilines is 1. The molecule has 2 heterocycles. The average molecular weight is 368 g/mol. The van der Waals surface area contributed by atoms with Crippen molar-refractivity contribution >= 4 is 28.9 Å². The van der Waals surface area contributed by atoms with E-state index in [-0.39, 0.29) is 17.7 Å². The third kappa shape index (κ3) is 2.20. The summed E-state index contributed by atoms with van der Waals surface area (Å²) >= 11 is 6.05. The number of nitrogens with zero attached hydrogens (tertiary/aromatic N) is 2. The Balaban J connectivity index is 1.50. The highest BCUT2D eigenvalue weighted by atomic mass is 35.5. The van der Waals surface area contributed by atoms with Crippen molar-refractivity contribution in [2.24, 2.45) is 22.9 Å². The molecule has 2 saturated carbocycles. The number of oxime groups is 1. The zero-order chi connectivity index (χ0) is 17.7. The largest absolute Gasteiger partial charge is 0.378 e. The number of nitrogens with one attached hydrogen (secondary N) is 1. The van der Waals surface area contributed by atoms with Crippen molar-refractivity contribution in [2.75, 3.05) is 5.32 Å². The molecule has 5 rings (SSSR count). The summed E-state index contributed by atoms with van der Waals surface area (Å²) in [4.78, 5) is 23.5. The summed E-state index contributed by atoms with van der Waals surface area (Å²) in [6.07, 6.45) is 6.65. The third-order valence-electron chi connectivity index (χ3n) is 6.00. The van der Waals surface area contributed by atoms with Gasteiger partial charge in [0.05, 0.1) is 11.6 Å². The van der Waals surface area contributed by atoms with Crippen molar-refractivity contribution in [1.82, 2.24) is 4.98 Å². The predicted octanol–water partition coefficient (Wildman–Crippen LogP) is 3.89. The van der Waals surface area contributed by atoms with Crippen LogP contribution < -0.4 is 5.32 Å². The number of carbonyl (C=O) groups is 1. The molecule has 0 radical (unpaired) electrons. The average Bonchev–Trinajstić information content (AvgIpc) is 3.34. The first-order chi connectivity index (χ1) is 12.7. The molecule has 3 aliphatic rings. The SMILES string of the molecule is O=C(Nc1cccc(Cl)c1)C12ON=C(c3cccnc3)C1C1CCC2C1. The molecule has 1 N–H and O–H groups in total. The van der Waals surface area contributed by atoms with E-state index in [4.69, 9.17) is 16.4 Å². The molecule has 4 unspecified atom stereocenters. The van der Waals surface area contributed by atoms with E-state index in [2.05, 4.69) is 15.5 Å². The number of rotatable bonds is 3. The van der Waals surface area contributed by atoms with Crippen molar-refractivity contribution in [2.45, 2.75) is 24.9 Å². The van der Waals surface area contributed by atoms with Crippen LogP contribution in [-0.2, 0) is 9.63 Å². The second-order valence-electron chi connectivity index (χ2n) is 7.31. The van der Waals surface area contributed by atoms with Crippen LogP contribution in [-0.4, -0.2) is 22.2 Å². The zero-order valence-corrected chi connectivity index (χ0v) is 14.8. The number of fused-ring (bicyclic) bond motifs is 5. The number of hydrogen-bond donors (Lipinski definition) is 1. The molecule has 0 saturated heterocycles. The van der Waals surface area contributed by atoms with Gasteiger partial charge in [0.15, 0.2) is 0 Å².